The fraction of sp³-hybridized carbons (Fsp3) is 1.00. The third-order valence-corrected chi connectivity index (χ3v) is 3.24. The van der Waals surface area contributed by atoms with Gasteiger partial charge in [0.15, 0.2) is 0 Å². The maximum atomic E-state index is 3.40. The van der Waals surface area contributed by atoms with E-state index in [0.29, 0.717) is 0 Å². The summed E-state index contributed by atoms with van der Waals surface area (Å²) < 4.78 is 0. The molecule has 0 aromatic carbocycles. The van der Waals surface area contributed by atoms with Crippen molar-refractivity contribution in [3.05, 3.63) is 0 Å². The fourth-order valence-electron chi connectivity index (χ4n) is 0.937. The molecule has 0 amide bonds. The quantitative estimate of drug-likeness (QED) is 0.670. The van der Waals surface area contributed by atoms with Crippen molar-refractivity contribution in [3.63, 3.8) is 0 Å². The van der Waals surface area contributed by atoms with Crippen LogP contribution in [0.2, 0.25) is 0 Å². The van der Waals surface area contributed by atoms with Crippen molar-refractivity contribution in [1.82, 2.24) is 5.32 Å². The molecule has 1 unspecified atom stereocenters. The molecule has 1 N–H and O–H groups in total. The molecular formula is C8H17NS. The second kappa shape index (κ2) is 4.24. The number of hydrogen-bond donors (Lipinski definition) is 1. The minimum Gasteiger partial charge on any atom is -0.313 e. The summed E-state index contributed by atoms with van der Waals surface area (Å²) in [5.41, 5.74) is 0. The van der Waals surface area contributed by atoms with E-state index in [9.17, 15) is 0 Å². The van der Waals surface area contributed by atoms with Crippen molar-refractivity contribution in [2.75, 3.05) is 18.1 Å². The van der Waals surface area contributed by atoms with E-state index in [1.165, 1.54) is 24.5 Å². The lowest BCUT2D eigenvalue weighted by Gasteiger charge is -2.27. The molecule has 10 heavy (non-hydrogen) atoms. The molecule has 0 aliphatic carbocycles. The molecule has 1 aliphatic rings. The highest BCUT2D eigenvalue weighted by Gasteiger charge is 2.15. The van der Waals surface area contributed by atoms with Crippen molar-refractivity contribution >= 4 is 11.8 Å². The summed E-state index contributed by atoms with van der Waals surface area (Å²) in [7, 11) is 0. The van der Waals surface area contributed by atoms with Crippen LogP contribution in [0.25, 0.3) is 0 Å². The molecule has 1 heterocycles. The van der Waals surface area contributed by atoms with Crippen LogP contribution in [0.15, 0.2) is 0 Å². The molecule has 0 aromatic rings. The van der Waals surface area contributed by atoms with Crippen LogP contribution in [0.1, 0.15) is 20.3 Å². The van der Waals surface area contributed by atoms with Crippen LogP contribution in [0.5, 0.6) is 0 Å². The minimum absolute atomic E-state index is 0.837. The zero-order valence-electron chi connectivity index (χ0n) is 6.89. The molecule has 1 rings (SSSR count). The molecule has 0 saturated carbocycles. The minimum atomic E-state index is 0.837. The fourth-order valence-corrected chi connectivity index (χ4v) is 2.11. The molecule has 1 aliphatic heterocycles. The lowest BCUT2D eigenvalue weighted by molar-refractivity contribution is 0.405. The summed E-state index contributed by atoms with van der Waals surface area (Å²) in [6.45, 7) is 5.80. The average Bonchev–Trinajstić information content (AvgIpc) is 1.75. The molecule has 60 valence electrons. The zero-order valence-corrected chi connectivity index (χ0v) is 7.71. The molecule has 1 atom stereocenters. The van der Waals surface area contributed by atoms with Gasteiger partial charge in [0.2, 0.25) is 0 Å². The summed E-state index contributed by atoms with van der Waals surface area (Å²) in [4.78, 5) is 0. The third-order valence-electron chi connectivity index (χ3n) is 1.70. The second-order valence-electron chi connectivity index (χ2n) is 3.37. The van der Waals surface area contributed by atoms with Crippen molar-refractivity contribution in [2.45, 2.75) is 26.3 Å². The lowest BCUT2D eigenvalue weighted by atomic mass is 10.1. The van der Waals surface area contributed by atoms with E-state index >= 15 is 0 Å². The third kappa shape index (κ3) is 2.93. The molecule has 1 nitrogen and oxygen atoms in total. The van der Waals surface area contributed by atoms with Crippen LogP contribution in [-0.4, -0.2) is 24.1 Å². The standard InChI is InChI=1S/C8H17NS/c1-7(2)5-10-6-8-3-4-9-8/h7-9H,3-6H2,1-2H3. The highest BCUT2D eigenvalue weighted by atomic mass is 32.2. The summed E-state index contributed by atoms with van der Waals surface area (Å²) in [6.07, 6.45) is 1.39. The van der Waals surface area contributed by atoms with Crippen LogP contribution in [0, 0.1) is 5.92 Å². The van der Waals surface area contributed by atoms with E-state index in [-0.39, 0.29) is 0 Å². The Morgan fingerprint density at radius 2 is 2.30 bits per heavy atom. The average molecular weight is 159 g/mol. The van der Waals surface area contributed by atoms with Crippen molar-refractivity contribution in [1.29, 1.82) is 0 Å². The topological polar surface area (TPSA) is 12.0 Å². The van der Waals surface area contributed by atoms with Gasteiger partial charge in [-0.15, -0.1) is 0 Å². The Kier molecular flexibility index (Phi) is 3.57. The Morgan fingerprint density at radius 3 is 2.70 bits per heavy atom. The Morgan fingerprint density at radius 1 is 1.60 bits per heavy atom. The van der Waals surface area contributed by atoms with Gasteiger partial charge in [-0.25, -0.2) is 0 Å². The lowest BCUT2D eigenvalue weighted by Crippen LogP contribution is -2.44. The molecule has 0 bridgehead atoms. The van der Waals surface area contributed by atoms with Gasteiger partial charge in [-0.1, -0.05) is 13.8 Å². The summed E-state index contributed by atoms with van der Waals surface area (Å²) in [6, 6.07) is 0.837. The van der Waals surface area contributed by atoms with Gasteiger partial charge in [0.05, 0.1) is 0 Å². The van der Waals surface area contributed by atoms with Gasteiger partial charge in [-0.2, -0.15) is 11.8 Å². The first kappa shape index (κ1) is 8.41. The van der Waals surface area contributed by atoms with Crippen LogP contribution in [0.3, 0.4) is 0 Å². The van der Waals surface area contributed by atoms with Gasteiger partial charge >= 0.3 is 0 Å². The highest BCUT2D eigenvalue weighted by molar-refractivity contribution is 7.99. The molecule has 0 aromatic heterocycles. The number of hydrogen-bond acceptors (Lipinski definition) is 2. The van der Waals surface area contributed by atoms with Crippen molar-refractivity contribution < 1.29 is 0 Å². The maximum absolute atomic E-state index is 3.40. The van der Waals surface area contributed by atoms with E-state index in [1.54, 1.807) is 0 Å². The van der Waals surface area contributed by atoms with E-state index in [0.717, 1.165) is 12.0 Å². The van der Waals surface area contributed by atoms with Crippen LogP contribution in [0.4, 0.5) is 0 Å². The smallest absolute Gasteiger partial charge is 0.0170 e. The van der Waals surface area contributed by atoms with Crippen LogP contribution in [-0.2, 0) is 0 Å². The summed E-state index contributed by atoms with van der Waals surface area (Å²) >= 11 is 2.08. The van der Waals surface area contributed by atoms with E-state index in [1.807, 2.05) is 0 Å². The Labute approximate surface area is 68.0 Å². The molecule has 0 radical (unpaired) electrons. The second-order valence-corrected chi connectivity index (χ2v) is 4.45. The summed E-state index contributed by atoms with van der Waals surface area (Å²) in [5, 5.41) is 3.40. The van der Waals surface area contributed by atoms with E-state index < -0.39 is 0 Å². The highest BCUT2D eigenvalue weighted by Crippen LogP contribution is 2.13. The van der Waals surface area contributed by atoms with E-state index in [2.05, 4.69) is 30.9 Å². The predicted molar refractivity (Wildman–Crippen MR) is 48.6 cm³/mol. The molecule has 1 fully saturated rings. The molecule has 0 spiro atoms. The van der Waals surface area contributed by atoms with Crippen LogP contribution >= 0.6 is 11.8 Å². The first-order valence-electron chi connectivity index (χ1n) is 4.10. The van der Waals surface area contributed by atoms with Gasteiger partial charge in [-0.3, -0.25) is 0 Å². The largest absolute Gasteiger partial charge is 0.313 e. The van der Waals surface area contributed by atoms with Gasteiger partial charge in [-0.05, 0) is 24.6 Å². The molecule has 1 saturated heterocycles. The number of nitrogens with one attached hydrogen (secondary N) is 1. The Bertz CT molecular complexity index is 89.3. The maximum Gasteiger partial charge on any atom is 0.0170 e. The number of thioether (sulfide) groups is 1. The monoisotopic (exact) mass is 159 g/mol. The van der Waals surface area contributed by atoms with Crippen LogP contribution < -0.4 is 5.32 Å². The van der Waals surface area contributed by atoms with Gasteiger partial charge in [0, 0.05) is 11.8 Å². The first-order valence-corrected chi connectivity index (χ1v) is 5.25. The zero-order chi connectivity index (χ0) is 7.40. The predicted octanol–water partition coefficient (Wildman–Crippen LogP) is 1.74. The van der Waals surface area contributed by atoms with Crippen molar-refractivity contribution in [2.24, 2.45) is 5.92 Å². The molecular weight excluding hydrogens is 142 g/mol. The normalized spacial score (nSPS) is 24.9. The van der Waals surface area contributed by atoms with Gasteiger partial charge in [0.25, 0.3) is 0 Å². The first-order chi connectivity index (χ1) is 4.79. The van der Waals surface area contributed by atoms with Gasteiger partial charge in [0.1, 0.15) is 0 Å². The SMILES string of the molecule is CC(C)CSCC1CCN1. The molecule has 2 heteroatoms. The summed E-state index contributed by atoms with van der Waals surface area (Å²) in [5.74, 6) is 3.49. The van der Waals surface area contributed by atoms with Gasteiger partial charge < -0.3 is 5.32 Å². The Hall–Kier alpha value is 0.310. The van der Waals surface area contributed by atoms with E-state index in [4.69, 9.17) is 0 Å². The van der Waals surface area contributed by atoms with Crippen molar-refractivity contribution in [3.8, 4) is 0 Å². The Balaban J connectivity index is 1.85. The number of rotatable bonds is 4.